The van der Waals surface area contributed by atoms with Gasteiger partial charge in [-0.1, -0.05) is 0 Å². The van der Waals surface area contributed by atoms with Crippen molar-refractivity contribution in [3.8, 4) is 0 Å². The van der Waals surface area contributed by atoms with Gasteiger partial charge in [-0.15, -0.1) is 0 Å². The maximum absolute atomic E-state index is 13.5. The van der Waals surface area contributed by atoms with Gasteiger partial charge in [-0.3, -0.25) is 10.1 Å². The van der Waals surface area contributed by atoms with E-state index in [2.05, 4.69) is 0 Å². The third-order valence-electron chi connectivity index (χ3n) is 2.03. The van der Waals surface area contributed by atoms with Crippen molar-refractivity contribution in [3.63, 3.8) is 0 Å². The molecule has 0 heterocycles. The van der Waals surface area contributed by atoms with Gasteiger partial charge in [-0.25, -0.2) is 18.0 Å². The zero-order chi connectivity index (χ0) is 15.8. The summed E-state index contributed by atoms with van der Waals surface area (Å²) in [5, 5.41) is 10.6. The molecule has 0 radical (unpaired) electrons. The first-order valence-electron chi connectivity index (χ1n) is 5.21. The SMILES string of the molecule is C[Si](C)(C)OC(=O)c1c(F)c(F)c(F)c(F)c1[N+](=O)[O-]. The normalized spacial score (nSPS) is 11.3. The van der Waals surface area contributed by atoms with E-state index in [1.165, 1.54) is 19.6 Å². The summed E-state index contributed by atoms with van der Waals surface area (Å²) >= 11 is 0. The largest absolute Gasteiger partial charge is 0.516 e. The van der Waals surface area contributed by atoms with E-state index in [-0.39, 0.29) is 0 Å². The van der Waals surface area contributed by atoms with Crippen LogP contribution in [0, 0.1) is 33.4 Å². The fraction of sp³-hybridized carbons (Fsp3) is 0.300. The van der Waals surface area contributed by atoms with Gasteiger partial charge in [-0.05, 0) is 19.6 Å². The Morgan fingerprint density at radius 3 is 1.90 bits per heavy atom. The zero-order valence-corrected chi connectivity index (χ0v) is 11.6. The van der Waals surface area contributed by atoms with Crippen LogP contribution in [0.1, 0.15) is 10.4 Å². The van der Waals surface area contributed by atoms with Gasteiger partial charge in [0.05, 0.1) is 4.92 Å². The summed E-state index contributed by atoms with van der Waals surface area (Å²) in [7, 11) is -2.61. The number of rotatable bonds is 3. The number of nitro groups is 1. The van der Waals surface area contributed by atoms with E-state index in [1.807, 2.05) is 0 Å². The molecule has 0 aliphatic carbocycles. The standard InChI is InChI=1S/C10H9F4NO4Si/c1-20(2,3)19-10(16)4-5(11)6(12)7(13)8(14)9(4)15(17)18/h1-3H3. The van der Waals surface area contributed by atoms with Crippen LogP contribution >= 0.6 is 0 Å². The van der Waals surface area contributed by atoms with Gasteiger partial charge in [0.2, 0.25) is 20.0 Å². The maximum Gasteiger partial charge on any atom is 0.335 e. The quantitative estimate of drug-likeness (QED) is 0.215. The molecule has 0 aliphatic heterocycles. The molecule has 0 spiro atoms. The van der Waals surface area contributed by atoms with Gasteiger partial charge in [0.1, 0.15) is 0 Å². The van der Waals surface area contributed by atoms with Crippen LogP contribution in [0.15, 0.2) is 0 Å². The molecule has 0 aromatic heterocycles. The molecule has 0 amide bonds. The number of hydrogen-bond acceptors (Lipinski definition) is 4. The molecule has 1 aromatic carbocycles. The fourth-order valence-corrected chi connectivity index (χ4v) is 1.97. The molecule has 0 unspecified atom stereocenters. The van der Waals surface area contributed by atoms with Crippen molar-refractivity contribution < 1.29 is 31.7 Å². The lowest BCUT2D eigenvalue weighted by Gasteiger charge is -2.17. The van der Waals surface area contributed by atoms with Crippen molar-refractivity contribution in [2.75, 3.05) is 0 Å². The minimum absolute atomic E-state index is 1.49. The highest BCUT2D eigenvalue weighted by Gasteiger charge is 2.38. The van der Waals surface area contributed by atoms with E-state index >= 15 is 0 Å². The first kappa shape index (κ1) is 16.1. The van der Waals surface area contributed by atoms with E-state index in [1.54, 1.807) is 0 Å². The Morgan fingerprint density at radius 2 is 1.50 bits per heavy atom. The Kier molecular flexibility index (Phi) is 4.17. The Morgan fingerprint density at radius 1 is 1.05 bits per heavy atom. The molecule has 0 fully saturated rings. The van der Waals surface area contributed by atoms with E-state index in [0.717, 1.165) is 0 Å². The first-order chi connectivity index (χ1) is 8.97. The number of nitrogens with zero attached hydrogens (tertiary/aromatic N) is 1. The van der Waals surface area contributed by atoms with Gasteiger partial charge in [0.15, 0.2) is 17.2 Å². The lowest BCUT2D eigenvalue weighted by atomic mass is 10.1. The molecule has 0 aliphatic rings. The minimum atomic E-state index is -2.61. The molecule has 1 aromatic rings. The van der Waals surface area contributed by atoms with Crippen LogP contribution in [0.3, 0.4) is 0 Å². The highest BCUT2D eigenvalue weighted by atomic mass is 28.4. The van der Waals surface area contributed by atoms with Crippen LogP contribution in [0.5, 0.6) is 0 Å². The molecule has 0 atom stereocenters. The Bertz CT molecular complexity index is 600. The molecule has 110 valence electrons. The van der Waals surface area contributed by atoms with Crippen molar-refractivity contribution in [1.82, 2.24) is 0 Å². The Hall–Kier alpha value is -1.97. The van der Waals surface area contributed by atoms with Crippen LogP contribution in [-0.2, 0) is 4.43 Å². The van der Waals surface area contributed by atoms with Crippen molar-refractivity contribution in [2.24, 2.45) is 0 Å². The molecule has 1 rings (SSSR count). The number of nitro benzene ring substituents is 1. The molecule has 20 heavy (non-hydrogen) atoms. The lowest BCUT2D eigenvalue weighted by molar-refractivity contribution is -0.388. The van der Waals surface area contributed by atoms with E-state index in [4.69, 9.17) is 4.43 Å². The van der Waals surface area contributed by atoms with Gasteiger partial charge in [0.25, 0.3) is 0 Å². The first-order valence-corrected chi connectivity index (χ1v) is 8.62. The molecular weight excluding hydrogens is 302 g/mol. The molecule has 5 nitrogen and oxygen atoms in total. The van der Waals surface area contributed by atoms with Gasteiger partial charge < -0.3 is 4.43 Å². The zero-order valence-electron chi connectivity index (χ0n) is 10.6. The molecular formula is C10H9F4NO4Si. The summed E-state index contributed by atoms with van der Waals surface area (Å²) in [5.41, 5.74) is -3.35. The molecule has 10 heteroatoms. The van der Waals surface area contributed by atoms with Crippen LogP contribution in [0.4, 0.5) is 23.2 Å². The molecule has 0 N–H and O–H groups in total. The van der Waals surface area contributed by atoms with Crippen LogP contribution < -0.4 is 0 Å². The van der Waals surface area contributed by atoms with Crippen molar-refractivity contribution >= 4 is 20.0 Å². The van der Waals surface area contributed by atoms with Crippen molar-refractivity contribution in [2.45, 2.75) is 19.6 Å². The topological polar surface area (TPSA) is 69.4 Å². The number of carbonyl (C=O) groups is 1. The van der Waals surface area contributed by atoms with Crippen LogP contribution in [-0.4, -0.2) is 19.2 Å². The molecule has 0 bridgehead atoms. The number of carbonyl (C=O) groups excluding carboxylic acids is 1. The summed E-state index contributed by atoms with van der Waals surface area (Å²) in [5.74, 6) is -10.7. The fourth-order valence-electron chi connectivity index (χ4n) is 1.31. The van der Waals surface area contributed by atoms with Crippen molar-refractivity contribution in [3.05, 3.63) is 38.9 Å². The average molecular weight is 311 g/mol. The lowest BCUT2D eigenvalue weighted by Crippen LogP contribution is -2.30. The second-order valence-corrected chi connectivity index (χ2v) is 9.17. The Balaban J connectivity index is 3.60. The minimum Gasteiger partial charge on any atom is -0.516 e. The van der Waals surface area contributed by atoms with E-state index in [0.29, 0.717) is 0 Å². The number of benzene rings is 1. The summed E-state index contributed by atoms with van der Waals surface area (Å²) in [6, 6.07) is 0. The highest BCUT2D eigenvalue weighted by Crippen LogP contribution is 2.31. The monoisotopic (exact) mass is 311 g/mol. The predicted molar refractivity (Wildman–Crippen MR) is 61.7 cm³/mol. The number of halogens is 4. The molecule has 0 saturated heterocycles. The molecule has 0 saturated carbocycles. The second-order valence-electron chi connectivity index (χ2n) is 4.74. The number of hydrogen-bond donors (Lipinski definition) is 0. The third kappa shape index (κ3) is 2.95. The van der Waals surface area contributed by atoms with E-state index < -0.39 is 53.7 Å². The summed E-state index contributed by atoms with van der Waals surface area (Å²) in [4.78, 5) is 20.8. The van der Waals surface area contributed by atoms with Gasteiger partial charge >= 0.3 is 11.7 Å². The van der Waals surface area contributed by atoms with Crippen LogP contribution in [0.25, 0.3) is 0 Å². The highest BCUT2D eigenvalue weighted by molar-refractivity contribution is 6.71. The summed E-state index contributed by atoms with van der Waals surface area (Å²) in [6.45, 7) is 4.47. The summed E-state index contributed by atoms with van der Waals surface area (Å²) < 4.78 is 57.6. The summed E-state index contributed by atoms with van der Waals surface area (Å²) in [6.07, 6.45) is 0. The maximum atomic E-state index is 13.5. The third-order valence-corrected chi connectivity index (χ3v) is 2.83. The van der Waals surface area contributed by atoms with Gasteiger partial charge in [-0.2, -0.15) is 4.39 Å². The smallest absolute Gasteiger partial charge is 0.335 e. The van der Waals surface area contributed by atoms with E-state index in [9.17, 15) is 32.5 Å². The second kappa shape index (κ2) is 5.19. The predicted octanol–water partition coefficient (Wildman–Crippen LogP) is 3.14. The Labute approximate surface area is 111 Å². The van der Waals surface area contributed by atoms with Crippen molar-refractivity contribution in [1.29, 1.82) is 0 Å². The van der Waals surface area contributed by atoms with Crippen LogP contribution in [0.2, 0.25) is 19.6 Å². The van der Waals surface area contributed by atoms with Gasteiger partial charge in [0, 0.05) is 0 Å². The average Bonchev–Trinajstić information content (AvgIpc) is 2.27.